The van der Waals surface area contributed by atoms with Crippen LogP contribution in [0.15, 0.2) is 66.7 Å². The summed E-state index contributed by atoms with van der Waals surface area (Å²) in [5, 5.41) is 2.97. The molecule has 3 aromatic carbocycles. The number of rotatable bonds is 6. The molecule has 0 atom stereocenters. The highest BCUT2D eigenvalue weighted by molar-refractivity contribution is 5.97. The van der Waals surface area contributed by atoms with Gasteiger partial charge < -0.3 is 19.5 Å². The van der Waals surface area contributed by atoms with Crippen molar-refractivity contribution < 1.29 is 23.8 Å². The molecule has 0 unspecified atom stereocenters. The van der Waals surface area contributed by atoms with Crippen molar-refractivity contribution in [3.63, 3.8) is 0 Å². The lowest BCUT2D eigenvalue weighted by Crippen LogP contribution is -2.22. The zero-order valence-electron chi connectivity index (χ0n) is 18.6. The maximum atomic E-state index is 13.0. The van der Waals surface area contributed by atoms with E-state index in [1.165, 1.54) is 18.7 Å². The second-order valence-electron chi connectivity index (χ2n) is 7.73. The van der Waals surface area contributed by atoms with Crippen LogP contribution in [0.4, 0.5) is 0 Å². The van der Waals surface area contributed by atoms with Gasteiger partial charge in [0.2, 0.25) is 0 Å². The molecule has 0 saturated carbocycles. The number of methoxy groups -OCH3 is 1. The maximum absolute atomic E-state index is 13.0. The maximum Gasteiger partial charge on any atom is 0.330 e. The van der Waals surface area contributed by atoms with Gasteiger partial charge in [0.05, 0.1) is 7.11 Å². The number of fused-ring (bicyclic) bond motifs is 1. The number of carbonyl (C=O) groups excluding carboxylic acids is 2. The van der Waals surface area contributed by atoms with E-state index in [1.54, 1.807) is 12.1 Å². The molecule has 0 aromatic heterocycles. The number of carbonyl (C=O) groups is 2. The van der Waals surface area contributed by atoms with Gasteiger partial charge in [-0.25, -0.2) is 4.79 Å². The predicted octanol–water partition coefficient (Wildman–Crippen LogP) is 4.55. The summed E-state index contributed by atoms with van der Waals surface area (Å²) < 4.78 is 16.0. The summed E-state index contributed by atoms with van der Waals surface area (Å²) in [5.74, 6) is 0.690. The second-order valence-corrected chi connectivity index (χ2v) is 7.73. The fourth-order valence-electron chi connectivity index (χ4n) is 3.49. The van der Waals surface area contributed by atoms with Crippen LogP contribution in [-0.2, 0) is 16.1 Å². The van der Waals surface area contributed by atoms with Crippen LogP contribution in [0.25, 0.3) is 17.2 Å². The summed E-state index contributed by atoms with van der Waals surface area (Å²) in [6.45, 7) is 3.45. The first-order valence-electron chi connectivity index (χ1n) is 10.7. The Labute approximate surface area is 192 Å². The van der Waals surface area contributed by atoms with Gasteiger partial charge in [-0.2, -0.15) is 0 Å². The van der Waals surface area contributed by atoms with Gasteiger partial charge in [0.25, 0.3) is 5.91 Å². The standard InChI is InChI=1S/C27H25NO5/c1-18-3-5-19(6-4-18)17-28-27(30)23-14-20(7-10-26(29)31-2)13-22(15-23)21-8-9-24-25(16-21)33-12-11-32-24/h3-10,13-16H,11-12,17H2,1-2H3,(H,28,30)/b10-7+. The normalized spacial score (nSPS) is 12.4. The van der Waals surface area contributed by atoms with E-state index in [0.29, 0.717) is 42.4 Å². The van der Waals surface area contributed by atoms with Crippen LogP contribution in [0, 0.1) is 6.92 Å². The predicted molar refractivity (Wildman–Crippen MR) is 126 cm³/mol. The van der Waals surface area contributed by atoms with Gasteiger partial charge in [-0.1, -0.05) is 35.9 Å². The monoisotopic (exact) mass is 443 g/mol. The third-order valence-electron chi connectivity index (χ3n) is 5.28. The molecule has 0 bridgehead atoms. The molecule has 1 N–H and O–H groups in total. The molecule has 6 nitrogen and oxygen atoms in total. The Bertz CT molecular complexity index is 1200. The van der Waals surface area contributed by atoms with Gasteiger partial charge in [0.15, 0.2) is 11.5 Å². The van der Waals surface area contributed by atoms with Crippen LogP contribution in [-0.4, -0.2) is 32.2 Å². The van der Waals surface area contributed by atoms with Crippen molar-refractivity contribution in [1.29, 1.82) is 0 Å². The number of aryl methyl sites for hydroxylation is 1. The zero-order chi connectivity index (χ0) is 23.2. The van der Waals surface area contributed by atoms with Gasteiger partial charge in [0, 0.05) is 18.2 Å². The van der Waals surface area contributed by atoms with Crippen LogP contribution in [0.5, 0.6) is 11.5 Å². The smallest absolute Gasteiger partial charge is 0.330 e. The third-order valence-corrected chi connectivity index (χ3v) is 5.28. The number of amides is 1. The zero-order valence-corrected chi connectivity index (χ0v) is 18.6. The van der Waals surface area contributed by atoms with Gasteiger partial charge >= 0.3 is 5.97 Å². The minimum Gasteiger partial charge on any atom is -0.486 e. The average Bonchev–Trinajstić information content (AvgIpc) is 2.86. The molecule has 1 aliphatic heterocycles. The Morgan fingerprint density at radius 3 is 2.45 bits per heavy atom. The Morgan fingerprint density at radius 1 is 0.939 bits per heavy atom. The first-order valence-corrected chi connectivity index (χ1v) is 10.7. The summed E-state index contributed by atoms with van der Waals surface area (Å²) >= 11 is 0. The van der Waals surface area contributed by atoms with Gasteiger partial charge in [-0.05, 0) is 65.6 Å². The van der Waals surface area contributed by atoms with Crippen molar-refractivity contribution in [2.45, 2.75) is 13.5 Å². The van der Waals surface area contributed by atoms with E-state index in [-0.39, 0.29) is 5.91 Å². The fraction of sp³-hybridized carbons (Fsp3) is 0.185. The lowest BCUT2D eigenvalue weighted by molar-refractivity contribution is -0.134. The number of hydrogen-bond donors (Lipinski definition) is 1. The molecule has 4 rings (SSSR count). The first kappa shape index (κ1) is 22.1. The topological polar surface area (TPSA) is 73.9 Å². The number of nitrogens with one attached hydrogen (secondary N) is 1. The van der Waals surface area contributed by atoms with Gasteiger partial charge in [0.1, 0.15) is 13.2 Å². The van der Waals surface area contributed by atoms with E-state index in [1.807, 2.05) is 61.5 Å². The molecule has 1 aliphatic rings. The molecule has 1 heterocycles. The van der Waals surface area contributed by atoms with E-state index in [2.05, 4.69) is 10.1 Å². The van der Waals surface area contributed by atoms with Crippen molar-refractivity contribution in [3.8, 4) is 22.6 Å². The number of ether oxygens (including phenoxy) is 3. The van der Waals surface area contributed by atoms with Crippen molar-refractivity contribution in [1.82, 2.24) is 5.32 Å². The molecule has 0 aliphatic carbocycles. The molecule has 6 heteroatoms. The van der Waals surface area contributed by atoms with Gasteiger partial charge in [-0.15, -0.1) is 0 Å². The van der Waals surface area contributed by atoms with Crippen LogP contribution < -0.4 is 14.8 Å². The Hall–Kier alpha value is -4.06. The van der Waals surface area contributed by atoms with Crippen molar-refractivity contribution in [2.75, 3.05) is 20.3 Å². The molecule has 0 radical (unpaired) electrons. The lowest BCUT2D eigenvalue weighted by Gasteiger charge is -2.19. The van der Waals surface area contributed by atoms with Crippen LogP contribution in [0.1, 0.15) is 27.0 Å². The SMILES string of the molecule is COC(=O)/C=C/c1cc(C(=O)NCc2ccc(C)cc2)cc(-c2ccc3c(c2)OCCO3)c1. The Kier molecular flexibility index (Phi) is 6.74. The number of esters is 1. The van der Waals surface area contributed by atoms with Crippen LogP contribution >= 0.6 is 0 Å². The highest BCUT2D eigenvalue weighted by Gasteiger charge is 2.14. The molecular weight excluding hydrogens is 418 g/mol. The first-order chi connectivity index (χ1) is 16.0. The molecule has 168 valence electrons. The number of benzene rings is 3. The molecule has 33 heavy (non-hydrogen) atoms. The van der Waals surface area contributed by atoms with E-state index in [0.717, 1.165) is 16.7 Å². The molecular formula is C27H25NO5. The Balaban J connectivity index is 1.64. The molecule has 0 saturated heterocycles. The molecule has 1 amide bonds. The van der Waals surface area contributed by atoms with E-state index in [4.69, 9.17) is 9.47 Å². The third kappa shape index (κ3) is 5.60. The highest BCUT2D eigenvalue weighted by atomic mass is 16.6. The second kappa shape index (κ2) is 10.0. The number of hydrogen-bond acceptors (Lipinski definition) is 5. The summed E-state index contributed by atoms with van der Waals surface area (Å²) in [6.07, 6.45) is 2.96. The summed E-state index contributed by atoms with van der Waals surface area (Å²) in [7, 11) is 1.32. The van der Waals surface area contributed by atoms with Crippen molar-refractivity contribution >= 4 is 18.0 Å². The van der Waals surface area contributed by atoms with E-state index >= 15 is 0 Å². The van der Waals surface area contributed by atoms with E-state index < -0.39 is 5.97 Å². The van der Waals surface area contributed by atoms with Crippen LogP contribution in [0.3, 0.4) is 0 Å². The highest BCUT2D eigenvalue weighted by Crippen LogP contribution is 2.35. The van der Waals surface area contributed by atoms with Gasteiger partial charge in [-0.3, -0.25) is 4.79 Å². The summed E-state index contributed by atoms with van der Waals surface area (Å²) in [6, 6.07) is 19.2. The van der Waals surface area contributed by atoms with Crippen molar-refractivity contribution in [3.05, 3.63) is 89.0 Å². The minimum absolute atomic E-state index is 0.206. The fourth-order valence-corrected chi connectivity index (χ4v) is 3.49. The summed E-state index contributed by atoms with van der Waals surface area (Å²) in [4.78, 5) is 24.6. The minimum atomic E-state index is -0.467. The lowest BCUT2D eigenvalue weighted by atomic mass is 9.98. The molecule has 0 fully saturated rings. The van der Waals surface area contributed by atoms with E-state index in [9.17, 15) is 9.59 Å². The average molecular weight is 443 g/mol. The summed E-state index contributed by atoms with van der Waals surface area (Å²) in [5.41, 5.74) is 5.06. The Morgan fingerprint density at radius 2 is 1.70 bits per heavy atom. The van der Waals surface area contributed by atoms with Crippen molar-refractivity contribution in [2.24, 2.45) is 0 Å². The molecule has 3 aromatic rings. The molecule has 0 spiro atoms. The largest absolute Gasteiger partial charge is 0.486 e. The van der Waals surface area contributed by atoms with Crippen LogP contribution in [0.2, 0.25) is 0 Å². The quantitative estimate of drug-likeness (QED) is 0.447.